The zero-order valence-electron chi connectivity index (χ0n) is 15.2. The molecule has 0 bridgehead atoms. The predicted octanol–water partition coefficient (Wildman–Crippen LogP) is 5.83. The fourth-order valence-corrected chi connectivity index (χ4v) is 3.07. The molecule has 2 nitrogen and oxygen atoms in total. The Hall–Kier alpha value is -1.80. The Morgan fingerprint density at radius 2 is 1.71 bits per heavy atom. The first-order chi connectivity index (χ1) is 11.2. The van der Waals surface area contributed by atoms with Crippen molar-refractivity contribution in [3.05, 3.63) is 63.7 Å². The number of aryl methyl sites for hydroxylation is 3. The van der Waals surface area contributed by atoms with Crippen molar-refractivity contribution in [2.45, 2.75) is 52.9 Å². The number of carbonyl (C=O) groups excluding carboxylic acids is 1. The van der Waals surface area contributed by atoms with Crippen molar-refractivity contribution < 1.29 is 4.79 Å². The van der Waals surface area contributed by atoms with Crippen molar-refractivity contribution in [1.82, 2.24) is 0 Å². The smallest absolute Gasteiger partial charge is 0.224 e. The molecule has 3 heteroatoms. The van der Waals surface area contributed by atoms with E-state index < -0.39 is 0 Å². The maximum atomic E-state index is 12.2. The van der Waals surface area contributed by atoms with Crippen LogP contribution >= 0.6 is 11.6 Å². The minimum Gasteiger partial charge on any atom is -0.325 e. The number of anilines is 1. The second kappa shape index (κ2) is 7.40. The van der Waals surface area contributed by atoms with E-state index in [4.69, 9.17) is 11.6 Å². The molecular formula is C21H26ClNO. The van der Waals surface area contributed by atoms with Gasteiger partial charge in [0.1, 0.15) is 0 Å². The van der Waals surface area contributed by atoms with Crippen LogP contribution in [0.15, 0.2) is 36.4 Å². The van der Waals surface area contributed by atoms with Crippen molar-refractivity contribution in [1.29, 1.82) is 0 Å². The summed E-state index contributed by atoms with van der Waals surface area (Å²) in [4.78, 5) is 12.2. The van der Waals surface area contributed by atoms with E-state index in [2.05, 4.69) is 50.4 Å². The lowest BCUT2D eigenvalue weighted by Crippen LogP contribution is -2.14. The van der Waals surface area contributed by atoms with Crippen LogP contribution in [0, 0.1) is 13.8 Å². The molecule has 0 aromatic heterocycles. The summed E-state index contributed by atoms with van der Waals surface area (Å²) in [7, 11) is 0. The Morgan fingerprint density at radius 1 is 1.08 bits per heavy atom. The largest absolute Gasteiger partial charge is 0.325 e. The van der Waals surface area contributed by atoms with Crippen LogP contribution in [0.2, 0.25) is 5.02 Å². The molecule has 1 amide bonds. The van der Waals surface area contributed by atoms with E-state index in [0.717, 1.165) is 23.2 Å². The molecule has 2 aromatic carbocycles. The van der Waals surface area contributed by atoms with Crippen LogP contribution in [-0.2, 0) is 16.6 Å². The van der Waals surface area contributed by atoms with Crippen LogP contribution in [0.3, 0.4) is 0 Å². The van der Waals surface area contributed by atoms with Gasteiger partial charge in [-0.2, -0.15) is 0 Å². The number of hydrogen-bond acceptors (Lipinski definition) is 1. The summed E-state index contributed by atoms with van der Waals surface area (Å²) >= 11 is 6.24. The Labute approximate surface area is 150 Å². The molecule has 1 N–H and O–H groups in total. The van der Waals surface area contributed by atoms with Crippen molar-refractivity contribution >= 4 is 23.2 Å². The van der Waals surface area contributed by atoms with E-state index in [1.807, 2.05) is 26.0 Å². The first kappa shape index (κ1) is 18.5. The fraction of sp³-hybridized carbons (Fsp3) is 0.381. The van der Waals surface area contributed by atoms with Gasteiger partial charge in [0.05, 0.1) is 10.7 Å². The van der Waals surface area contributed by atoms with Gasteiger partial charge in [0.2, 0.25) is 5.91 Å². The maximum absolute atomic E-state index is 12.2. The number of rotatable bonds is 4. The molecule has 2 rings (SSSR count). The van der Waals surface area contributed by atoms with Gasteiger partial charge in [0.25, 0.3) is 0 Å². The quantitative estimate of drug-likeness (QED) is 0.743. The van der Waals surface area contributed by atoms with Crippen molar-refractivity contribution in [2.24, 2.45) is 0 Å². The van der Waals surface area contributed by atoms with Crippen molar-refractivity contribution in [3.8, 4) is 0 Å². The SMILES string of the molecule is Cc1cc(C)c(NC(=O)CCc2ccc(C(C)(C)C)cc2)c(Cl)c1. The standard InChI is InChI=1S/C21H26ClNO/c1-14-12-15(2)20(18(22)13-14)23-19(24)11-8-16-6-9-17(10-7-16)21(3,4)5/h6-7,9-10,12-13H,8,11H2,1-5H3,(H,23,24). The highest BCUT2D eigenvalue weighted by atomic mass is 35.5. The minimum absolute atomic E-state index is 0.0104. The molecule has 0 saturated heterocycles. The summed E-state index contributed by atoms with van der Waals surface area (Å²) < 4.78 is 0. The lowest BCUT2D eigenvalue weighted by Gasteiger charge is -2.19. The summed E-state index contributed by atoms with van der Waals surface area (Å²) in [6.45, 7) is 10.5. The molecular weight excluding hydrogens is 318 g/mol. The van der Waals surface area contributed by atoms with E-state index in [-0.39, 0.29) is 11.3 Å². The number of amides is 1. The average molecular weight is 344 g/mol. The number of benzene rings is 2. The zero-order valence-corrected chi connectivity index (χ0v) is 15.9. The Kier molecular flexibility index (Phi) is 5.71. The van der Waals surface area contributed by atoms with Crippen LogP contribution in [0.1, 0.15) is 49.4 Å². The molecule has 0 spiro atoms. The normalized spacial score (nSPS) is 11.4. The summed E-state index contributed by atoms with van der Waals surface area (Å²) in [5, 5.41) is 3.53. The van der Waals surface area contributed by atoms with E-state index in [0.29, 0.717) is 11.4 Å². The van der Waals surface area contributed by atoms with Gasteiger partial charge >= 0.3 is 0 Å². The molecule has 0 heterocycles. The van der Waals surface area contributed by atoms with Gasteiger partial charge in [0, 0.05) is 6.42 Å². The Balaban J connectivity index is 1.97. The second-order valence-corrected chi connectivity index (χ2v) is 7.84. The molecule has 0 radical (unpaired) electrons. The lowest BCUT2D eigenvalue weighted by atomic mass is 9.86. The molecule has 0 saturated carbocycles. The third-order valence-corrected chi connectivity index (χ3v) is 4.45. The predicted molar refractivity (Wildman–Crippen MR) is 103 cm³/mol. The highest BCUT2D eigenvalue weighted by molar-refractivity contribution is 6.34. The Morgan fingerprint density at radius 3 is 2.25 bits per heavy atom. The van der Waals surface area contributed by atoms with E-state index >= 15 is 0 Å². The van der Waals surface area contributed by atoms with Gasteiger partial charge in [-0.3, -0.25) is 4.79 Å². The molecule has 24 heavy (non-hydrogen) atoms. The molecule has 0 aliphatic carbocycles. The topological polar surface area (TPSA) is 29.1 Å². The summed E-state index contributed by atoms with van der Waals surface area (Å²) in [5.74, 6) is -0.0104. The number of halogens is 1. The van der Waals surface area contributed by atoms with Crippen LogP contribution in [0.25, 0.3) is 0 Å². The summed E-state index contributed by atoms with van der Waals surface area (Å²) in [6, 6.07) is 12.4. The minimum atomic E-state index is -0.0104. The highest BCUT2D eigenvalue weighted by Gasteiger charge is 2.13. The van der Waals surface area contributed by atoms with Gasteiger partial charge in [-0.15, -0.1) is 0 Å². The van der Waals surface area contributed by atoms with E-state index in [9.17, 15) is 4.79 Å². The molecule has 0 aliphatic heterocycles. The van der Waals surface area contributed by atoms with Gasteiger partial charge < -0.3 is 5.32 Å². The third kappa shape index (κ3) is 4.85. The van der Waals surface area contributed by atoms with Crippen LogP contribution in [0.5, 0.6) is 0 Å². The number of carbonyl (C=O) groups is 1. The summed E-state index contributed by atoms with van der Waals surface area (Å²) in [6.07, 6.45) is 1.16. The zero-order chi connectivity index (χ0) is 17.9. The number of nitrogens with one attached hydrogen (secondary N) is 1. The van der Waals surface area contributed by atoms with Crippen molar-refractivity contribution in [2.75, 3.05) is 5.32 Å². The fourth-order valence-electron chi connectivity index (χ4n) is 2.71. The Bertz CT molecular complexity index is 703. The third-order valence-electron chi connectivity index (χ3n) is 4.16. The number of hydrogen-bond donors (Lipinski definition) is 1. The van der Waals surface area contributed by atoms with Gasteiger partial charge in [0.15, 0.2) is 0 Å². The van der Waals surface area contributed by atoms with E-state index in [1.54, 1.807) is 0 Å². The van der Waals surface area contributed by atoms with Crippen LogP contribution in [0.4, 0.5) is 5.69 Å². The lowest BCUT2D eigenvalue weighted by molar-refractivity contribution is -0.116. The molecule has 0 fully saturated rings. The molecule has 128 valence electrons. The van der Waals surface area contributed by atoms with Crippen LogP contribution in [-0.4, -0.2) is 5.91 Å². The van der Waals surface area contributed by atoms with Gasteiger partial charge in [-0.05, 0) is 54.0 Å². The highest BCUT2D eigenvalue weighted by Crippen LogP contribution is 2.27. The van der Waals surface area contributed by atoms with Gasteiger partial charge in [-0.25, -0.2) is 0 Å². The van der Waals surface area contributed by atoms with Crippen molar-refractivity contribution in [3.63, 3.8) is 0 Å². The second-order valence-electron chi connectivity index (χ2n) is 7.43. The van der Waals surface area contributed by atoms with Gasteiger partial charge in [-0.1, -0.05) is 62.7 Å². The first-order valence-corrected chi connectivity index (χ1v) is 8.70. The monoisotopic (exact) mass is 343 g/mol. The average Bonchev–Trinajstić information content (AvgIpc) is 2.48. The molecule has 2 aromatic rings. The summed E-state index contributed by atoms with van der Waals surface area (Å²) in [5.41, 5.74) is 5.42. The first-order valence-electron chi connectivity index (χ1n) is 8.33. The van der Waals surface area contributed by atoms with E-state index in [1.165, 1.54) is 11.1 Å². The van der Waals surface area contributed by atoms with Crippen LogP contribution < -0.4 is 5.32 Å². The molecule has 0 atom stereocenters. The molecule has 0 aliphatic rings. The molecule has 0 unspecified atom stereocenters. The maximum Gasteiger partial charge on any atom is 0.224 e.